The molecule has 0 saturated carbocycles. The molecule has 3 aromatic carbocycles. The smallest absolute Gasteiger partial charge is 0.261 e. The monoisotopic (exact) mass is 586 g/mol. The van der Waals surface area contributed by atoms with Crippen molar-refractivity contribution < 1.29 is 13.9 Å². The summed E-state index contributed by atoms with van der Waals surface area (Å²) in [5.41, 5.74) is 1.13. The maximum atomic E-state index is 7.25. The largest absolute Gasteiger partial charge is 0.497 e. The highest BCUT2D eigenvalue weighted by molar-refractivity contribution is 14.1. The molecular weight excluding hydrogens is 551 g/mol. The fourth-order valence-electron chi connectivity index (χ4n) is 4.31. The van der Waals surface area contributed by atoms with Gasteiger partial charge in [-0.3, -0.25) is 0 Å². The van der Waals surface area contributed by atoms with E-state index in [1.807, 2.05) is 24.3 Å². The topological polar surface area (TPSA) is 27.7 Å². The molecule has 0 N–H and O–H groups in total. The SMILES string of the molecule is COc1ccc(COCC[C@H](/C=C/I)O[Si](c2ccccc2)(c2ccccc2)C(C)(C)C)cc1. The zero-order valence-electron chi connectivity index (χ0n) is 20.5. The summed E-state index contributed by atoms with van der Waals surface area (Å²) in [6.07, 6.45) is 2.91. The molecule has 0 unspecified atom stereocenters. The highest BCUT2D eigenvalue weighted by Gasteiger charge is 2.51. The van der Waals surface area contributed by atoms with Crippen LogP contribution in [0.1, 0.15) is 32.8 Å². The van der Waals surface area contributed by atoms with Gasteiger partial charge in [0.1, 0.15) is 5.75 Å². The molecule has 0 radical (unpaired) electrons. The number of methoxy groups -OCH3 is 1. The van der Waals surface area contributed by atoms with Crippen molar-refractivity contribution in [3.63, 3.8) is 0 Å². The van der Waals surface area contributed by atoms with Gasteiger partial charge < -0.3 is 13.9 Å². The highest BCUT2D eigenvalue weighted by Crippen LogP contribution is 2.38. The van der Waals surface area contributed by atoms with Crippen molar-refractivity contribution in [3.05, 3.63) is 101 Å². The molecule has 3 nitrogen and oxygen atoms in total. The first-order chi connectivity index (χ1) is 16.4. The van der Waals surface area contributed by atoms with Gasteiger partial charge in [-0.1, -0.05) is 122 Å². The van der Waals surface area contributed by atoms with E-state index in [1.54, 1.807) is 7.11 Å². The summed E-state index contributed by atoms with van der Waals surface area (Å²) < 4.78 is 20.6. The van der Waals surface area contributed by atoms with Gasteiger partial charge in [0, 0.05) is 6.61 Å². The molecule has 0 fully saturated rings. The van der Waals surface area contributed by atoms with Gasteiger partial charge in [-0.15, -0.1) is 0 Å². The van der Waals surface area contributed by atoms with E-state index in [0.717, 1.165) is 17.7 Å². The zero-order valence-corrected chi connectivity index (χ0v) is 23.7. The Balaban J connectivity index is 1.82. The van der Waals surface area contributed by atoms with Gasteiger partial charge in [0.05, 0.1) is 19.8 Å². The molecular formula is C29H35IO3Si. The molecule has 0 bridgehead atoms. The Morgan fingerprint density at radius 1 is 0.853 bits per heavy atom. The quantitative estimate of drug-likeness (QED) is 0.146. The van der Waals surface area contributed by atoms with E-state index >= 15 is 0 Å². The molecule has 0 saturated heterocycles. The molecule has 0 aromatic heterocycles. The third kappa shape index (κ3) is 6.59. The normalized spacial score (nSPS) is 13.2. The van der Waals surface area contributed by atoms with Crippen LogP contribution >= 0.6 is 22.6 Å². The van der Waals surface area contributed by atoms with Gasteiger partial charge in [-0.25, -0.2) is 0 Å². The molecule has 0 heterocycles. The number of benzene rings is 3. The molecule has 3 rings (SSSR count). The van der Waals surface area contributed by atoms with E-state index in [4.69, 9.17) is 13.9 Å². The second-order valence-corrected chi connectivity index (χ2v) is 14.3. The minimum absolute atomic E-state index is 0.0425. The van der Waals surface area contributed by atoms with Crippen molar-refractivity contribution in [2.24, 2.45) is 0 Å². The van der Waals surface area contributed by atoms with Crippen LogP contribution < -0.4 is 15.1 Å². The lowest BCUT2D eigenvalue weighted by molar-refractivity contribution is 0.0919. The van der Waals surface area contributed by atoms with Gasteiger partial charge in [-0.05, 0) is 43.6 Å². The number of hydrogen-bond acceptors (Lipinski definition) is 3. The van der Waals surface area contributed by atoms with Crippen LogP contribution in [0.5, 0.6) is 5.75 Å². The Morgan fingerprint density at radius 2 is 1.41 bits per heavy atom. The lowest BCUT2D eigenvalue weighted by Crippen LogP contribution is -2.67. The second kappa shape index (κ2) is 12.7. The summed E-state index contributed by atoms with van der Waals surface area (Å²) in [6, 6.07) is 29.6. The molecule has 0 aliphatic carbocycles. The predicted molar refractivity (Wildman–Crippen MR) is 153 cm³/mol. The van der Waals surface area contributed by atoms with Gasteiger partial charge in [0.25, 0.3) is 8.32 Å². The number of ether oxygens (including phenoxy) is 2. The van der Waals surface area contributed by atoms with Crippen LogP contribution in [0, 0.1) is 0 Å². The average molecular weight is 587 g/mol. The van der Waals surface area contributed by atoms with E-state index in [0.29, 0.717) is 13.2 Å². The third-order valence-electron chi connectivity index (χ3n) is 6.01. The molecule has 34 heavy (non-hydrogen) atoms. The summed E-state index contributed by atoms with van der Waals surface area (Å²) in [7, 11) is -0.930. The fourth-order valence-corrected chi connectivity index (χ4v) is 9.43. The first-order valence-electron chi connectivity index (χ1n) is 11.7. The van der Waals surface area contributed by atoms with Crippen molar-refractivity contribution >= 4 is 41.3 Å². The summed E-state index contributed by atoms with van der Waals surface area (Å²) in [5.74, 6) is 0.856. The maximum Gasteiger partial charge on any atom is 0.261 e. The third-order valence-corrected chi connectivity index (χ3v) is 11.5. The standard InChI is InChI=1S/C29H35IO3Si/c1-29(2,3)34(27-11-7-5-8-12-27,28-13-9-6-10-14-28)33-26(19-21-30)20-22-32-23-24-15-17-25(31-4)18-16-24/h5-19,21,26H,20,22-23H2,1-4H3/b21-19+/t26-/m0/s1. The molecule has 5 heteroatoms. The van der Waals surface area contributed by atoms with Crippen LogP contribution in [0.3, 0.4) is 0 Å². The predicted octanol–water partition coefficient (Wildman–Crippen LogP) is 6.50. The van der Waals surface area contributed by atoms with E-state index in [-0.39, 0.29) is 11.1 Å². The number of rotatable bonds is 11. The Hall–Kier alpha value is -1.93. The first-order valence-corrected chi connectivity index (χ1v) is 14.8. The van der Waals surface area contributed by atoms with Gasteiger partial charge in [0.2, 0.25) is 0 Å². The molecule has 180 valence electrons. The highest BCUT2D eigenvalue weighted by atomic mass is 127. The fraction of sp³-hybridized carbons (Fsp3) is 0.310. The molecule has 3 aromatic rings. The molecule has 0 spiro atoms. The lowest BCUT2D eigenvalue weighted by Gasteiger charge is -2.44. The van der Waals surface area contributed by atoms with E-state index in [1.165, 1.54) is 10.4 Å². The Morgan fingerprint density at radius 3 is 1.88 bits per heavy atom. The first kappa shape index (κ1) is 26.7. The summed E-state index contributed by atoms with van der Waals surface area (Å²) in [6.45, 7) is 8.12. The Bertz CT molecular complexity index is 975. The second-order valence-electron chi connectivity index (χ2n) is 9.33. The van der Waals surface area contributed by atoms with Crippen molar-refractivity contribution in [2.45, 2.75) is 44.9 Å². The van der Waals surface area contributed by atoms with Crippen LogP contribution in [0.4, 0.5) is 0 Å². The van der Waals surface area contributed by atoms with Crippen molar-refractivity contribution in [1.29, 1.82) is 0 Å². The molecule has 0 aliphatic heterocycles. The van der Waals surface area contributed by atoms with Crippen LogP contribution in [-0.2, 0) is 15.8 Å². The number of halogens is 1. The number of hydrogen-bond donors (Lipinski definition) is 0. The van der Waals surface area contributed by atoms with Gasteiger partial charge in [-0.2, -0.15) is 0 Å². The lowest BCUT2D eigenvalue weighted by atomic mass is 10.2. The minimum atomic E-state index is -2.61. The van der Waals surface area contributed by atoms with Gasteiger partial charge >= 0.3 is 0 Å². The molecule has 1 atom stereocenters. The Labute approximate surface area is 219 Å². The molecule has 0 aliphatic rings. The van der Waals surface area contributed by atoms with Crippen LogP contribution in [0.15, 0.2) is 95.1 Å². The Kier molecular flexibility index (Phi) is 9.94. The molecule has 0 amide bonds. The van der Waals surface area contributed by atoms with Crippen LogP contribution in [-0.4, -0.2) is 28.1 Å². The van der Waals surface area contributed by atoms with E-state index in [9.17, 15) is 0 Å². The average Bonchev–Trinajstić information content (AvgIpc) is 2.85. The maximum absolute atomic E-state index is 7.25. The van der Waals surface area contributed by atoms with Gasteiger partial charge in [0.15, 0.2) is 0 Å². The summed E-state index contributed by atoms with van der Waals surface area (Å²) in [5, 5.41) is 2.52. The van der Waals surface area contributed by atoms with Crippen molar-refractivity contribution in [2.75, 3.05) is 13.7 Å². The van der Waals surface area contributed by atoms with E-state index < -0.39 is 8.32 Å². The summed E-state index contributed by atoms with van der Waals surface area (Å²) >= 11 is 2.28. The van der Waals surface area contributed by atoms with Crippen LogP contribution in [0.25, 0.3) is 0 Å². The van der Waals surface area contributed by atoms with Crippen LogP contribution in [0.2, 0.25) is 5.04 Å². The zero-order chi connectivity index (χ0) is 24.4. The summed E-state index contributed by atoms with van der Waals surface area (Å²) in [4.78, 5) is 0. The minimum Gasteiger partial charge on any atom is -0.497 e. The van der Waals surface area contributed by atoms with Crippen molar-refractivity contribution in [3.8, 4) is 5.75 Å². The van der Waals surface area contributed by atoms with Crippen molar-refractivity contribution in [1.82, 2.24) is 0 Å². The van der Waals surface area contributed by atoms with E-state index in [2.05, 4.69) is 114 Å².